The summed E-state index contributed by atoms with van der Waals surface area (Å²) in [5, 5.41) is 21.0. The maximum atomic E-state index is 12.7. The topological polar surface area (TPSA) is 95.3 Å². The highest BCUT2D eigenvalue weighted by Gasteiger charge is 2.11. The van der Waals surface area contributed by atoms with Crippen LogP contribution >= 0.6 is 0 Å². The van der Waals surface area contributed by atoms with Gasteiger partial charge >= 0.3 is 5.97 Å². The summed E-state index contributed by atoms with van der Waals surface area (Å²) in [4.78, 5) is 28.3. The molecule has 0 aliphatic carbocycles. The van der Waals surface area contributed by atoms with Crippen LogP contribution in [0.15, 0.2) is 35.1 Å². The molecule has 3 aromatic rings. The molecule has 1 aromatic heterocycles. The molecule has 0 saturated carbocycles. The number of hydrogen-bond acceptors (Lipinski definition) is 4. The third-order valence-electron chi connectivity index (χ3n) is 4.45. The number of carboxylic acids is 1. The summed E-state index contributed by atoms with van der Waals surface area (Å²) in [6.45, 7) is 5.78. The minimum Gasteiger partial charge on any atom is -0.872 e. The maximum Gasteiger partial charge on any atom is 0.335 e. The Balaban J connectivity index is 2.14. The number of rotatable bonds is 4. The van der Waals surface area contributed by atoms with Gasteiger partial charge < -0.3 is 14.8 Å². The molecule has 27 heavy (non-hydrogen) atoms. The van der Waals surface area contributed by atoms with E-state index in [2.05, 4.69) is 4.98 Å². The number of hydrogen-bond donors (Lipinski definition) is 1. The Morgan fingerprint density at radius 1 is 1.19 bits per heavy atom. The Bertz CT molecular complexity index is 1120. The fourth-order valence-corrected chi connectivity index (χ4v) is 3.08. The average Bonchev–Trinajstić information content (AvgIpc) is 2.63. The van der Waals surface area contributed by atoms with E-state index in [0.717, 1.165) is 5.56 Å². The van der Waals surface area contributed by atoms with Gasteiger partial charge in [-0.2, -0.15) is 0 Å². The fraction of sp³-hybridized carbons (Fsp3) is 0.190. The van der Waals surface area contributed by atoms with Gasteiger partial charge in [0.15, 0.2) is 0 Å². The zero-order chi connectivity index (χ0) is 19.7. The lowest BCUT2D eigenvalue weighted by atomic mass is 10.1. The minimum atomic E-state index is -1.05. The first-order valence-electron chi connectivity index (χ1n) is 8.56. The van der Waals surface area contributed by atoms with Gasteiger partial charge in [0.25, 0.3) is 5.56 Å². The molecule has 0 atom stereocenters. The van der Waals surface area contributed by atoms with E-state index >= 15 is 0 Å². The number of benzene rings is 2. The van der Waals surface area contributed by atoms with Crippen molar-refractivity contribution in [2.24, 2.45) is 0 Å². The van der Waals surface area contributed by atoms with E-state index in [-0.39, 0.29) is 22.6 Å². The van der Waals surface area contributed by atoms with Crippen LogP contribution in [-0.2, 0) is 6.54 Å². The van der Waals surface area contributed by atoms with Gasteiger partial charge in [0, 0.05) is 6.54 Å². The molecule has 6 heteroatoms. The first kappa shape index (κ1) is 18.4. The molecule has 3 rings (SSSR count). The smallest absolute Gasteiger partial charge is 0.335 e. The van der Waals surface area contributed by atoms with Crippen molar-refractivity contribution in [1.82, 2.24) is 9.55 Å². The summed E-state index contributed by atoms with van der Waals surface area (Å²) in [6, 6.07) is 8.04. The van der Waals surface area contributed by atoms with Crippen molar-refractivity contribution in [2.75, 3.05) is 0 Å². The van der Waals surface area contributed by atoms with Crippen molar-refractivity contribution in [3.8, 4) is 5.75 Å². The van der Waals surface area contributed by atoms with Crippen LogP contribution in [0.4, 0.5) is 0 Å². The summed E-state index contributed by atoms with van der Waals surface area (Å²) >= 11 is 0. The molecule has 6 nitrogen and oxygen atoms in total. The van der Waals surface area contributed by atoms with Gasteiger partial charge in [-0.3, -0.25) is 4.79 Å². The molecular weight excluding hydrogens is 344 g/mol. The Morgan fingerprint density at radius 2 is 1.85 bits per heavy atom. The zero-order valence-corrected chi connectivity index (χ0v) is 15.3. The molecule has 0 fully saturated rings. The van der Waals surface area contributed by atoms with E-state index in [9.17, 15) is 19.8 Å². The molecule has 1 N–H and O–H groups in total. The van der Waals surface area contributed by atoms with Crippen LogP contribution in [0.2, 0.25) is 0 Å². The molecule has 2 aromatic carbocycles. The normalized spacial score (nSPS) is 11.4. The molecule has 0 aliphatic heterocycles. The number of fused-ring (bicyclic) bond motifs is 1. The number of aryl methyl sites for hydroxylation is 3. The predicted octanol–water partition coefficient (Wildman–Crippen LogP) is 2.98. The molecule has 138 valence electrons. The summed E-state index contributed by atoms with van der Waals surface area (Å²) in [5.41, 5.74) is 3.19. The highest BCUT2D eigenvalue weighted by atomic mass is 16.4. The number of aromatic nitrogens is 2. The summed E-state index contributed by atoms with van der Waals surface area (Å²) in [5.74, 6) is -1.04. The first-order chi connectivity index (χ1) is 12.8. The maximum absolute atomic E-state index is 12.7. The highest BCUT2D eigenvalue weighted by Crippen LogP contribution is 2.21. The molecule has 0 bridgehead atoms. The molecule has 0 saturated heterocycles. The van der Waals surface area contributed by atoms with Gasteiger partial charge in [-0.1, -0.05) is 29.3 Å². The largest absolute Gasteiger partial charge is 0.872 e. The molecule has 0 aliphatic rings. The first-order valence-corrected chi connectivity index (χ1v) is 8.56. The Hall–Kier alpha value is -3.41. The van der Waals surface area contributed by atoms with Gasteiger partial charge in [-0.25, -0.2) is 9.78 Å². The van der Waals surface area contributed by atoms with E-state index in [1.165, 1.54) is 12.1 Å². The predicted molar refractivity (Wildman–Crippen MR) is 103 cm³/mol. The summed E-state index contributed by atoms with van der Waals surface area (Å²) in [7, 11) is 0. The van der Waals surface area contributed by atoms with Crippen LogP contribution in [0.3, 0.4) is 0 Å². The average molecular weight is 363 g/mol. The van der Waals surface area contributed by atoms with E-state index in [1.807, 2.05) is 6.92 Å². The van der Waals surface area contributed by atoms with Crippen LogP contribution in [-0.4, -0.2) is 20.6 Å². The second-order valence-corrected chi connectivity index (χ2v) is 6.37. The molecule has 0 radical (unpaired) electrons. The Kier molecular flexibility index (Phi) is 4.81. The second kappa shape index (κ2) is 7.07. The lowest BCUT2D eigenvalue weighted by molar-refractivity contribution is -0.270. The van der Waals surface area contributed by atoms with Crippen LogP contribution in [0, 0.1) is 13.8 Å². The van der Waals surface area contributed by atoms with Crippen molar-refractivity contribution in [3.05, 3.63) is 68.6 Å². The third-order valence-corrected chi connectivity index (χ3v) is 4.45. The standard InChI is InChI=1S/C21H20N2O4/c1-4-23-18-8-6-15(21(26)27)11-17(18)22-16(20(23)25)7-5-14-9-12(2)19(24)13(3)10-14/h5-11,24H,4H2,1-3H3,(H,26,27)/p-1/b7-5+. The number of nitrogens with zero attached hydrogens (tertiary/aromatic N) is 2. The van der Waals surface area contributed by atoms with E-state index in [4.69, 9.17) is 0 Å². The third kappa shape index (κ3) is 3.46. The van der Waals surface area contributed by atoms with Crippen molar-refractivity contribution in [2.45, 2.75) is 27.3 Å². The summed E-state index contributed by atoms with van der Waals surface area (Å²) in [6.07, 6.45) is 3.33. The Morgan fingerprint density at radius 3 is 2.44 bits per heavy atom. The van der Waals surface area contributed by atoms with Crippen molar-refractivity contribution >= 4 is 29.2 Å². The van der Waals surface area contributed by atoms with Crippen molar-refractivity contribution < 1.29 is 15.0 Å². The monoisotopic (exact) mass is 363 g/mol. The van der Waals surface area contributed by atoms with Gasteiger partial charge in [-0.05, 0) is 50.6 Å². The van der Waals surface area contributed by atoms with Crippen molar-refractivity contribution in [1.29, 1.82) is 0 Å². The van der Waals surface area contributed by atoms with Gasteiger partial charge in [0.1, 0.15) is 5.69 Å². The van der Waals surface area contributed by atoms with E-state index in [0.29, 0.717) is 28.7 Å². The zero-order valence-electron chi connectivity index (χ0n) is 15.3. The van der Waals surface area contributed by atoms with Crippen molar-refractivity contribution in [3.63, 3.8) is 0 Å². The van der Waals surface area contributed by atoms with Gasteiger partial charge in [0.05, 0.1) is 16.6 Å². The van der Waals surface area contributed by atoms with Crippen LogP contribution in [0.5, 0.6) is 5.75 Å². The van der Waals surface area contributed by atoms with Crippen LogP contribution in [0.25, 0.3) is 23.2 Å². The highest BCUT2D eigenvalue weighted by molar-refractivity contribution is 5.92. The molecular formula is C21H19N2O4-. The number of carboxylic acid groups (broad SMARTS) is 1. The summed E-state index contributed by atoms with van der Waals surface area (Å²) < 4.78 is 1.56. The lowest BCUT2D eigenvalue weighted by Gasteiger charge is -2.14. The molecule has 0 spiro atoms. The quantitative estimate of drug-likeness (QED) is 0.769. The Labute approximate surface area is 156 Å². The number of aromatic carboxylic acids is 1. The van der Waals surface area contributed by atoms with Gasteiger partial charge in [-0.15, -0.1) is 5.75 Å². The molecule has 0 unspecified atom stereocenters. The SMILES string of the molecule is CCn1c(=O)c(/C=C/c2cc(C)c([O-])c(C)c2)nc2cc(C(=O)O)ccc21. The van der Waals surface area contributed by atoms with Crippen LogP contribution < -0.4 is 10.7 Å². The minimum absolute atomic E-state index is 0.00511. The molecule has 0 amide bonds. The van der Waals surface area contributed by atoms with Crippen LogP contribution in [0.1, 0.15) is 39.7 Å². The van der Waals surface area contributed by atoms with Gasteiger partial charge in [0.2, 0.25) is 0 Å². The fourth-order valence-electron chi connectivity index (χ4n) is 3.08. The van der Waals surface area contributed by atoms with E-state index in [1.54, 1.807) is 48.8 Å². The number of carbonyl (C=O) groups is 1. The molecule has 1 heterocycles. The second-order valence-electron chi connectivity index (χ2n) is 6.37. The lowest BCUT2D eigenvalue weighted by Crippen LogP contribution is -2.23. The van der Waals surface area contributed by atoms with E-state index < -0.39 is 5.97 Å².